The molecule has 0 atom stereocenters. The van der Waals surface area contributed by atoms with Crippen LogP contribution in [0.5, 0.6) is 0 Å². The number of hydrazone groups is 1. The lowest BCUT2D eigenvalue weighted by molar-refractivity contribution is 0.827. The van der Waals surface area contributed by atoms with E-state index < -0.39 is 3.79 Å². The van der Waals surface area contributed by atoms with Gasteiger partial charge in [-0.05, 0) is 36.8 Å². The van der Waals surface area contributed by atoms with E-state index in [9.17, 15) is 0 Å². The normalized spacial score (nSPS) is 12.4. The standard InChI is InChI=1S/C24H18Cl3N5/c1-2-32-20-10-6-4-7-16(20)17-12-11-15(13-21(17)32)14-28-31-22-18-8-3-5-9-19(18)29-23(30-22)24(25,26)27/h3-14H,2H2,1H3,(H,29,30,31)/b28-14+. The maximum absolute atomic E-state index is 6.02. The Hall–Kier alpha value is -2.86. The van der Waals surface area contributed by atoms with Gasteiger partial charge < -0.3 is 4.57 Å². The van der Waals surface area contributed by atoms with Gasteiger partial charge in [-0.1, -0.05) is 77.3 Å². The highest BCUT2D eigenvalue weighted by atomic mass is 35.6. The first-order chi connectivity index (χ1) is 15.5. The summed E-state index contributed by atoms with van der Waals surface area (Å²) in [6.45, 7) is 3.03. The van der Waals surface area contributed by atoms with E-state index in [4.69, 9.17) is 34.8 Å². The zero-order chi connectivity index (χ0) is 22.3. The molecule has 0 saturated carbocycles. The van der Waals surface area contributed by atoms with Crippen molar-refractivity contribution in [2.24, 2.45) is 5.10 Å². The topological polar surface area (TPSA) is 55.1 Å². The van der Waals surface area contributed by atoms with Crippen LogP contribution >= 0.6 is 34.8 Å². The molecule has 0 aliphatic rings. The average molecular weight is 483 g/mol. The Bertz CT molecular complexity index is 1480. The van der Waals surface area contributed by atoms with E-state index in [2.05, 4.69) is 68.4 Å². The van der Waals surface area contributed by atoms with Crippen LogP contribution in [-0.2, 0) is 10.3 Å². The van der Waals surface area contributed by atoms with Gasteiger partial charge in [0.05, 0.1) is 11.7 Å². The van der Waals surface area contributed by atoms with Crippen LogP contribution in [0.15, 0.2) is 71.8 Å². The predicted molar refractivity (Wildman–Crippen MR) is 135 cm³/mol. The minimum Gasteiger partial charge on any atom is -0.341 e. The number of rotatable bonds is 4. The Morgan fingerprint density at radius 3 is 2.41 bits per heavy atom. The van der Waals surface area contributed by atoms with Crippen molar-refractivity contribution in [2.45, 2.75) is 17.3 Å². The lowest BCUT2D eigenvalue weighted by Crippen LogP contribution is -2.09. The first kappa shape index (κ1) is 21.0. The van der Waals surface area contributed by atoms with Gasteiger partial charge in [-0.15, -0.1) is 0 Å². The number of para-hydroxylation sites is 2. The summed E-state index contributed by atoms with van der Waals surface area (Å²) in [5, 5.41) is 7.65. The van der Waals surface area contributed by atoms with Crippen LogP contribution in [0.2, 0.25) is 0 Å². The number of benzene rings is 3. The molecule has 0 radical (unpaired) electrons. The van der Waals surface area contributed by atoms with E-state index in [-0.39, 0.29) is 5.82 Å². The van der Waals surface area contributed by atoms with Crippen molar-refractivity contribution in [3.63, 3.8) is 0 Å². The number of halogens is 3. The van der Waals surface area contributed by atoms with Crippen molar-refractivity contribution in [2.75, 3.05) is 5.43 Å². The summed E-state index contributed by atoms with van der Waals surface area (Å²) < 4.78 is 0.573. The lowest BCUT2D eigenvalue weighted by atomic mass is 10.1. The number of hydrogen-bond donors (Lipinski definition) is 1. The largest absolute Gasteiger partial charge is 0.341 e. The summed E-state index contributed by atoms with van der Waals surface area (Å²) in [4.78, 5) is 8.72. The highest BCUT2D eigenvalue weighted by Crippen LogP contribution is 2.37. The van der Waals surface area contributed by atoms with Crippen LogP contribution < -0.4 is 5.43 Å². The van der Waals surface area contributed by atoms with Crippen LogP contribution in [0.4, 0.5) is 5.82 Å². The maximum Gasteiger partial charge on any atom is 0.250 e. The molecule has 0 bridgehead atoms. The quantitative estimate of drug-likeness (QED) is 0.170. The second-order valence-corrected chi connectivity index (χ2v) is 9.60. The SMILES string of the molecule is CCn1c2ccccc2c2ccc(/C=N/Nc3nc(C(Cl)(Cl)Cl)nc4ccccc34)cc21. The fourth-order valence-electron chi connectivity index (χ4n) is 3.94. The third-order valence-corrected chi connectivity index (χ3v) is 5.86. The molecular formula is C24H18Cl3N5. The molecule has 5 aromatic rings. The van der Waals surface area contributed by atoms with Crippen LogP contribution in [0.25, 0.3) is 32.7 Å². The molecular weight excluding hydrogens is 465 g/mol. The van der Waals surface area contributed by atoms with E-state index in [1.807, 2.05) is 30.3 Å². The van der Waals surface area contributed by atoms with Gasteiger partial charge in [-0.3, -0.25) is 5.43 Å². The number of fused-ring (bicyclic) bond motifs is 4. The van der Waals surface area contributed by atoms with E-state index >= 15 is 0 Å². The number of aromatic nitrogens is 3. The van der Waals surface area contributed by atoms with Gasteiger partial charge in [0.15, 0.2) is 11.6 Å². The molecule has 3 aromatic carbocycles. The van der Waals surface area contributed by atoms with Crippen LogP contribution in [0, 0.1) is 0 Å². The number of aryl methyl sites for hydroxylation is 1. The maximum atomic E-state index is 6.02. The predicted octanol–water partition coefficient (Wildman–Crippen LogP) is 7.03. The van der Waals surface area contributed by atoms with Gasteiger partial charge in [-0.2, -0.15) is 5.10 Å². The summed E-state index contributed by atoms with van der Waals surface area (Å²) in [6, 6.07) is 22.2. The number of nitrogens with zero attached hydrogens (tertiary/aromatic N) is 4. The van der Waals surface area contributed by atoms with Crippen LogP contribution in [0.3, 0.4) is 0 Å². The Labute approximate surface area is 199 Å². The molecule has 8 heteroatoms. The van der Waals surface area contributed by atoms with Crippen molar-refractivity contribution < 1.29 is 0 Å². The first-order valence-electron chi connectivity index (χ1n) is 10.1. The number of anilines is 1. The minimum absolute atomic E-state index is 0.0905. The van der Waals surface area contributed by atoms with Gasteiger partial charge in [0, 0.05) is 33.7 Å². The van der Waals surface area contributed by atoms with Gasteiger partial charge >= 0.3 is 0 Å². The Balaban J connectivity index is 1.51. The lowest BCUT2D eigenvalue weighted by Gasteiger charge is -2.12. The molecule has 1 N–H and O–H groups in total. The van der Waals surface area contributed by atoms with E-state index in [1.54, 1.807) is 6.21 Å². The smallest absolute Gasteiger partial charge is 0.250 e. The zero-order valence-corrected chi connectivity index (χ0v) is 19.3. The molecule has 2 heterocycles. The zero-order valence-electron chi connectivity index (χ0n) is 17.1. The third-order valence-electron chi connectivity index (χ3n) is 5.35. The number of alkyl halides is 3. The Kier molecular flexibility index (Phi) is 5.41. The molecule has 0 saturated heterocycles. The summed E-state index contributed by atoms with van der Waals surface area (Å²) in [5.74, 6) is 0.560. The molecule has 0 unspecified atom stereocenters. The monoisotopic (exact) mass is 481 g/mol. The number of nitrogens with one attached hydrogen (secondary N) is 1. The molecule has 2 aromatic heterocycles. The summed E-state index contributed by atoms with van der Waals surface area (Å²) in [6.07, 6.45) is 1.75. The molecule has 0 aliphatic carbocycles. The van der Waals surface area contributed by atoms with Crippen molar-refractivity contribution in [3.05, 3.63) is 78.1 Å². The fraction of sp³-hybridized carbons (Fsp3) is 0.125. The molecule has 0 spiro atoms. The van der Waals surface area contributed by atoms with Gasteiger partial charge in [-0.25, -0.2) is 9.97 Å². The highest BCUT2D eigenvalue weighted by Gasteiger charge is 2.28. The molecule has 0 aliphatic heterocycles. The molecule has 160 valence electrons. The van der Waals surface area contributed by atoms with Gasteiger partial charge in [0.2, 0.25) is 3.79 Å². The Morgan fingerprint density at radius 1 is 0.906 bits per heavy atom. The van der Waals surface area contributed by atoms with E-state index in [0.29, 0.717) is 11.3 Å². The van der Waals surface area contributed by atoms with Crippen LogP contribution in [0.1, 0.15) is 18.3 Å². The third kappa shape index (κ3) is 3.77. The summed E-state index contributed by atoms with van der Waals surface area (Å²) in [7, 11) is 0. The van der Waals surface area contributed by atoms with E-state index in [0.717, 1.165) is 17.5 Å². The van der Waals surface area contributed by atoms with Crippen molar-refractivity contribution in [1.29, 1.82) is 0 Å². The fourth-order valence-corrected chi connectivity index (χ4v) is 4.20. The summed E-state index contributed by atoms with van der Waals surface area (Å²) >= 11 is 18.0. The molecule has 32 heavy (non-hydrogen) atoms. The van der Waals surface area contributed by atoms with Crippen molar-refractivity contribution in [3.8, 4) is 0 Å². The molecule has 5 nitrogen and oxygen atoms in total. The molecule has 0 amide bonds. The first-order valence-corrected chi connectivity index (χ1v) is 11.2. The van der Waals surface area contributed by atoms with Gasteiger partial charge in [0.1, 0.15) is 0 Å². The van der Waals surface area contributed by atoms with E-state index in [1.165, 1.54) is 21.8 Å². The van der Waals surface area contributed by atoms with Crippen LogP contribution in [-0.4, -0.2) is 20.7 Å². The Morgan fingerprint density at radius 2 is 1.62 bits per heavy atom. The summed E-state index contributed by atoms with van der Waals surface area (Å²) in [5.41, 5.74) is 7.01. The number of hydrogen-bond acceptors (Lipinski definition) is 4. The molecule has 0 fully saturated rings. The van der Waals surface area contributed by atoms with Crippen molar-refractivity contribution >= 4 is 79.5 Å². The average Bonchev–Trinajstić information content (AvgIpc) is 3.11. The highest BCUT2D eigenvalue weighted by molar-refractivity contribution is 6.66. The van der Waals surface area contributed by atoms with Gasteiger partial charge in [0.25, 0.3) is 0 Å². The molecule has 5 rings (SSSR count). The van der Waals surface area contributed by atoms with Crippen molar-refractivity contribution in [1.82, 2.24) is 14.5 Å². The second-order valence-electron chi connectivity index (χ2n) is 7.32. The second kappa shape index (κ2) is 8.24. The minimum atomic E-state index is -1.73.